The molecule has 1 aromatic carbocycles. The van der Waals surface area contributed by atoms with Gasteiger partial charge in [0.05, 0.1) is 0 Å². The highest BCUT2D eigenvalue weighted by molar-refractivity contribution is 9.10. The van der Waals surface area contributed by atoms with Crippen LogP contribution < -0.4 is 0 Å². The van der Waals surface area contributed by atoms with Crippen LogP contribution in [0.1, 0.15) is 18.9 Å². The van der Waals surface area contributed by atoms with Gasteiger partial charge in [-0.1, -0.05) is 35.0 Å². The fourth-order valence-electron chi connectivity index (χ4n) is 1.55. The predicted octanol–water partition coefficient (Wildman–Crippen LogP) is 2.79. The van der Waals surface area contributed by atoms with Gasteiger partial charge in [-0.25, -0.2) is 0 Å². The van der Waals surface area contributed by atoms with Gasteiger partial charge in [-0.2, -0.15) is 0 Å². The van der Waals surface area contributed by atoms with Crippen molar-refractivity contribution in [2.24, 2.45) is 0 Å². The number of carbonyl (C=O) groups excluding carboxylic acids is 1. The van der Waals surface area contributed by atoms with Crippen molar-refractivity contribution < 1.29 is 14.7 Å². The number of aliphatic carboxylic acids is 1. The molecule has 1 rings (SSSR count). The molecule has 0 unspecified atom stereocenters. The lowest BCUT2D eigenvalue weighted by molar-refractivity contribution is -0.142. The molecule has 1 amide bonds. The molecule has 0 saturated heterocycles. The van der Waals surface area contributed by atoms with E-state index in [0.717, 1.165) is 16.5 Å². The highest BCUT2D eigenvalue weighted by atomic mass is 79.9. The molecule has 5 heteroatoms. The van der Waals surface area contributed by atoms with Gasteiger partial charge in [-0.05, 0) is 30.2 Å². The van der Waals surface area contributed by atoms with Crippen LogP contribution in [0, 0.1) is 0 Å². The van der Waals surface area contributed by atoms with Crippen LogP contribution in [0.25, 0.3) is 6.08 Å². The lowest BCUT2D eigenvalue weighted by Gasteiger charge is -2.17. The van der Waals surface area contributed by atoms with E-state index >= 15 is 0 Å². The summed E-state index contributed by atoms with van der Waals surface area (Å²) < 4.78 is 0.967. The predicted molar refractivity (Wildman–Crippen MR) is 77.7 cm³/mol. The Morgan fingerprint density at radius 3 is 2.47 bits per heavy atom. The van der Waals surface area contributed by atoms with Crippen molar-refractivity contribution in [3.63, 3.8) is 0 Å². The van der Waals surface area contributed by atoms with Crippen LogP contribution in [-0.2, 0) is 9.59 Å². The maximum atomic E-state index is 11.9. The topological polar surface area (TPSA) is 57.6 Å². The number of carboxylic acid groups (broad SMARTS) is 1. The highest BCUT2D eigenvalue weighted by Gasteiger charge is 2.12. The standard InChI is InChI=1S/C14H16BrNO3/c1-2-9-16(10-14(18)19)13(17)8-5-11-3-6-12(15)7-4-11/h3-8H,2,9-10H2,1H3,(H,18,19)/b8-5+. The molecule has 19 heavy (non-hydrogen) atoms. The molecular formula is C14H16BrNO3. The summed E-state index contributed by atoms with van der Waals surface area (Å²) in [5, 5.41) is 8.75. The normalized spacial score (nSPS) is 10.6. The van der Waals surface area contributed by atoms with E-state index in [1.165, 1.54) is 11.0 Å². The first-order valence-electron chi connectivity index (χ1n) is 5.97. The Bertz CT molecular complexity index is 468. The van der Waals surface area contributed by atoms with Gasteiger partial charge in [0, 0.05) is 17.1 Å². The molecule has 0 saturated carbocycles. The maximum absolute atomic E-state index is 11.9. The molecule has 0 aliphatic rings. The van der Waals surface area contributed by atoms with E-state index in [4.69, 9.17) is 5.11 Å². The van der Waals surface area contributed by atoms with Crippen molar-refractivity contribution in [2.45, 2.75) is 13.3 Å². The van der Waals surface area contributed by atoms with E-state index in [1.807, 2.05) is 31.2 Å². The minimum atomic E-state index is -1.00. The van der Waals surface area contributed by atoms with Crippen LogP contribution in [-0.4, -0.2) is 35.0 Å². The number of hydrogen-bond donors (Lipinski definition) is 1. The third kappa shape index (κ3) is 5.70. The summed E-state index contributed by atoms with van der Waals surface area (Å²) in [5.41, 5.74) is 0.892. The zero-order valence-corrected chi connectivity index (χ0v) is 12.3. The van der Waals surface area contributed by atoms with Crippen LogP contribution in [0.15, 0.2) is 34.8 Å². The van der Waals surface area contributed by atoms with Gasteiger partial charge >= 0.3 is 5.97 Å². The summed E-state index contributed by atoms with van der Waals surface area (Å²) in [6, 6.07) is 7.50. The second-order valence-electron chi connectivity index (χ2n) is 4.04. The summed E-state index contributed by atoms with van der Waals surface area (Å²) in [7, 11) is 0. The van der Waals surface area contributed by atoms with E-state index < -0.39 is 5.97 Å². The Labute approximate surface area is 120 Å². The maximum Gasteiger partial charge on any atom is 0.323 e. The largest absolute Gasteiger partial charge is 0.480 e. The Kier molecular flexibility index (Phi) is 6.29. The van der Waals surface area contributed by atoms with Gasteiger partial charge in [0.15, 0.2) is 0 Å². The van der Waals surface area contributed by atoms with Crippen LogP contribution in [0.4, 0.5) is 0 Å². The van der Waals surface area contributed by atoms with E-state index in [1.54, 1.807) is 6.08 Å². The number of hydrogen-bond acceptors (Lipinski definition) is 2. The fourth-order valence-corrected chi connectivity index (χ4v) is 1.81. The molecule has 1 N–H and O–H groups in total. The van der Waals surface area contributed by atoms with Crippen LogP contribution >= 0.6 is 15.9 Å². The number of benzene rings is 1. The van der Waals surface area contributed by atoms with Crippen molar-refractivity contribution in [1.82, 2.24) is 4.90 Å². The van der Waals surface area contributed by atoms with Gasteiger partial charge < -0.3 is 10.0 Å². The van der Waals surface area contributed by atoms with Gasteiger partial charge in [-0.15, -0.1) is 0 Å². The average molecular weight is 326 g/mol. The average Bonchev–Trinajstić information content (AvgIpc) is 2.37. The van der Waals surface area contributed by atoms with Gasteiger partial charge in [0.25, 0.3) is 0 Å². The number of carbonyl (C=O) groups is 2. The third-order valence-electron chi connectivity index (χ3n) is 2.42. The number of amides is 1. The van der Waals surface area contributed by atoms with Crippen LogP contribution in [0.3, 0.4) is 0 Å². The van der Waals surface area contributed by atoms with Gasteiger partial charge in [-0.3, -0.25) is 9.59 Å². The summed E-state index contributed by atoms with van der Waals surface area (Å²) in [6.45, 7) is 2.08. The molecule has 0 heterocycles. The lowest BCUT2D eigenvalue weighted by atomic mass is 10.2. The minimum Gasteiger partial charge on any atom is -0.480 e. The molecule has 0 aromatic heterocycles. The zero-order valence-electron chi connectivity index (χ0n) is 10.7. The van der Waals surface area contributed by atoms with E-state index in [-0.39, 0.29) is 12.5 Å². The second-order valence-corrected chi connectivity index (χ2v) is 4.95. The fraction of sp³-hybridized carbons (Fsp3) is 0.286. The molecule has 0 aliphatic heterocycles. The van der Waals surface area contributed by atoms with Crippen molar-refractivity contribution in [3.8, 4) is 0 Å². The third-order valence-corrected chi connectivity index (χ3v) is 2.95. The Hall–Kier alpha value is -1.62. The number of carboxylic acids is 1. The molecular weight excluding hydrogens is 310 g/mol. The Morgan fingerprint density at radius 1 is 1.32 bits per heavy atom. The molecule has 0 spiro atoms. The van der Waals surface area contributed by atoms with E-state index in [2.05, 4.69) is 15.9 Å². The summed E-state index contributed by atoms with van der Waals surface area (Å²) in [5.74, 6) is -1.29. The molecule has 0 bridgehead atoms. The van der Waals surface area contributed by atoms with Gasteiger partial charge in [0.1, 0.15) is 6.54 Å². The number of nitrogens with zero attached hydrogens (tertiary/aromatic N) is 1. The first-order valence-corrected chi connectivity index (χ1v) is 6.76. The lowest BCUT2D eigenvalue weighted by Crippen LogP contribution is -2.35. The van der Waals surface area contributed by atoms with Crippen molar-refractivity contribution in [3.05, 3.63) is 40.4 Å². The first kappa shape index (κ1) is 15.4. The monoisotopic (exact) mass is 325 g/mol. The van der Waals surface area contributed by atoms with Gasteiger partial charge in [0.2, 0.25) is 5.91 Å². The Balaban J connectivity index is 2.69. The molecule has 1 aromatic rings. The van der Waals surface area contributed by atoms with Crippen molar-refractivity contribution >= 4 is 33.9 Å². The smallest absolute Gasteiger partial charge is 0.323 e. The molecule has 4 nitrogen and oxygen atoms in total. The van der Waals surface area contributed by atoms with Crippen LogP contribution in [0.5, 0.6) is 0 Å². The van der Waals surface area contributed by atoms with Crippen LogP contribution in [0.2, 0.25) is 0 Å². The number of rotatable bonds is 6. The summed E-state index contributed by atoms with van der Waals surface area (Å²) in [4.78, 5) is 23.9. The Morgan fingerprint density at radius 2 is 1.95 bits per heavy atom. The summed E-state index contributed by atoms with van der Waals surface area (Å²) >= 11 is 3.33. The zero-order chi connectivity index (χ0) is 14.3. The SMILES string of the molecule is CCCN(CC(=O)O)C(=O)/C=C/c1ccc(Br)cc1. The minimum absolute atomic E-state index is 0.267. The summed E-state index contributed by atoms with van der Waals surface area (Å²) in [6.07, 6.45) is 3.81. The van der Waals surface area contributed by atoms with E-state index in [0.29, 0.717) is 6.54 Å². The molecule has 0 fully saturated rings. The molecule has 0 atom stereocenters. The van der Waals surface area contributed by atoms with E-state index in [9.17, 15) is 9.59 Å². The highest BCUT2D eigenvalue weighted by Crippen LogP contribution is 2.11. The second kappa shape index (κ2) is 7.74. The number of halogens is 1. The molecule has 0 radical (unpaired) electrons. The molecule has 102 valence electrons. The van der Waals surface area contributed by atoms with Crippen molar-refractivity contribution in [2.75, 3.05) is 13.1 Å². The first-order chi connectivity index (χ1) is 9.02. The molecule has 0 aliphatic carbocycles. The quantitative estimate of drug-likeness (QED) is 0.818. The van der Waals surface area contributed by atoms with Crippen molar-refractivity contribution in [1.29, 1.82) is 0 Å².